The van der Waals surface area contributed by atoms with Crippen molar-refractivity contribution in [3.63, 3.8) is 0 Å². The summed E-state index contributed by atoms with van der Waals surface area (Å²) in [5.41, 5.74) is 0.532. The zero-order valence-corrected chi connectivity index (χ0v) is 13.0. The Balaban J connectivity index is 1.60. The van der Waals surface area contributed by atoms with E-state index in [1.165, 1.54) is 17.3 Å². The molecule has 0 saturated heterocycles. The van der Waals surface area contributed by atoms with Crippen LogP contribution in [0, 0.1) is 11.6 Å². The fraction of sp³-hybridized carbons (Fsp3) is 0.438. The maximum atomic E-state index is 13.3. The van der Waals surface area contributed by atoms with E-state index in [4.69, 9.17) is 0 Å². The average molecular weight is 336 g/mol. The smallest absolute Gasteiger partial charge is 0.321 e. The molecule has 3 rings (SSSR count). The van der Waals surface area contributed by atoms with Crippen molar-refractivity contribution in [3.8, 4) is 0 Å². The zero-order valence-electron chi connectivity index (χ0n) is 13.0. The van der Waals surface area contributed by atoms with Crippen LogP contribution in [0.25, 0.3) is 11.0 Å². The number of amides is 3. The van der Waals surface area contributed by atoms with Gasteiger partial charge in [0.25, 0.3) is 0 Å². The maximum Gasteiger partial charge on any atom is 0.321 e. The van der Waals surface area contributed by atoms with Gasteiger partial charge in [0.1, 0.15) is 6.54 Å². The van der Waals surface area contributed by atoms with Crippen LogP contribution in [-0.4, -0.2) is 27.5 Å². The number of imidazole rings is 1. The molecule has 0 aliphatic heterocycles. The molecule has 0 bridgehead atoms. The number of fused-ring (bicyclic) bond motifs is 1. The molecule has 3 amide bonds. The summed E-state index contributed by atoms with van der Waals surface area (Å²) in [6, 6.07) is 1.51. The predicted octanol–water partition coefficient (Wildman–Crippen LogP) is 2.47. The first-order chi connectivity index (χ1) is 11.5. The summed E-state index contributed by atoms with van der Waals surface area (Å²) in [5, 5.41) is 5.03. The number of hydrogen-bond acceptors (Lipinski definition) is 3. The lowest BCUT2D eigenvalue weighted by Gasteiger charge is -2.22. The van der Waals surface area contributed by atoms with E-state index in [0.29, 0.717) is 0 Å². The topological polar surface area (TPSA) is 76.0 Å². The van der Waals surface area contributed by atoms with Crippen LogP contribution in [0.1, 0.15) is 32.1 Å². The third-order valence-electron chi connectivity index (χ3n) is 4.17. The van der Waals surface area contributed by atoms with E-state index < -0.39 is 23.6 Å². The van der Waals surface area contributed by atoms with Gasteiger partial charge in [-0.1, -0.05) is 19.3 Å². The SMILES string of the molecule is O=C(Cn1cnc2cc(F)c(F)cc21)NC(=O)NC1CCCCC1. The summed E-state index contributed by atoms with van der Waals surface area (Å²) < 4.78 is 27.9. The van der Waals surface area contributed by atoms with Crippen molar-refractivity contribution in [1.29, 1.82) is 0 Å². The van der Waals surface area contributed by atoms with Gasteiger partial charge in [-0.05, 0) is 12.8 Å². The molecule has 1 aliphatic rings. The number of urea groups is 1. The molecule has 1 aromatic carbocycles. The minimum absolute atomic E-state index is 0.0951. The lowest BCUT2D eigenvalue weighted by molar-refractivity contribution is -0.120. The number of nitrogens with zero attached hydrogens (tertiary/aromatic N) is 2. The normalized spacial score (nSPS) is 15.4. The Morgan fingerprint density at radius 2 is 1.88 bits per heavy atom. The summed E-state index contributed by atoms with van der Waals surface area (Å²) in [4.78, 5) is 27.7. The van der Waals surface area contributed by atoms with Gasteiger partial charge in [-0.25, -0.2) is 18.6 Å². The van der Waals surface area contributed by atoms with Crippen LogP contribution in [0.15, 0.2) is 18.5 Å². The molecule has 6 nitrogen and oxygen atoms in total. The van der Waals surface area contributed by atoms with Crippen molar-refractivity contribution in [2.75, 3.05) is 0 Å². The van der Waals surface area contributed by atoms with Crippen LogP contribution in [-0.2, 0) is 11.3 Å². The van der Waals surface area contributed by atoms with Crippen molar-refractivity contribution >= 4 is 23.0 Å². The molecule has 0 unspecified atom stereocenters. The molecule has 0 spiro atoms. The summed E-state index contributed by atoms with van der Waals surface area (Å²) >= 11 is 0. The Bertz CT molecular complexity index is 769. The fourth-order valence-corrected chi connectivity index (χ4v) is 2.97. The molecule has 128 valence electrons. The van der Waals surface area contributed by atoms with Crippen molar-refractivity contribution < 1.29 is 18.4 Å². The van der Waals surface area contributed by atoms with Gasteiger partial charge in [-0.15, -0.1) is 0 Å². The van der Waals surface area contributed by atoms with Gasteiger partial charge in [0, 0.05) is 18.2 Å². The van der Waals surface area contributed by atoms with Crippen molar-refractivity contribution in [2.45, 2.75) is 44.7 Å². The Morgan fingerprint density at radius 3 is 2.62 bits per heavy atom. The molecule has 2 N–H and O–H groups in total. The summed E-state index contributed by atoms with van der Waals surface area (Å²) in [6.45, 7) is -0.209. The zero-order chi connectivity index (χ0) is 17.1. The first-order valence-corrected chi connectivity index (χ1v) is 7.93. The van der Waals surface area contributed by atoms with Crippen molar-refractivity contribution in [3.05, 3.63) is 30.1 Å². The minimum Gasteiger partial charge on any atom is -0.335 e. The van der Waals surface area contributed by atoms with E-state index >= 15 is 0 Å². The number of imide groups is 1. The van der Waals surface area contributed by atoms with Crippen LogP contribution in [0.3, 0.4) is 0 Å². The van der Waals surface area contributed by atoms with Crippen molar-refractivity contribution in [2.24, 2.45) is 0 Å². The summed E-state index contributed by atoms with van der Waals surface area (Å²) in [5.74, 6) is -2.56. The second-order valence-electron chi connectivity index (χ2n) is 5.98. The molecular formula is C16H18F2N4O2. The van der Waals surface area contributed by atoms with Crippen molar-refractivity contribution in [1.82, 2.24) is 20.2 Å². The van der Waals surface area contributed by atoms with Crippen LogP contribution >= 0.6 is 0 Å². The van der Waals surface area contributed by atoms with Crippen LogP contribution in [0.5, 0.6) is 0 Å². The highest BCUT2D eigenvalue weighted by Gasteiger charge is 2.17. The van der Waals surface area contributed by atoms with Gasteiger partial charge in [0.05, 0.1) is 17.4 Å². The highest BCUT2D eigenvalue weighted by Crippen LogP contribution is 2.18. The van der Waals surface area contributed by atoms with E-state index in [0.717, 1.165) is 37.8 Å². The van der Waals surface area contributed by atoms with Crippen LogP contribution < -0.4 is 10.6 Å². The molecule has 0 atom stereocenters. The molecule has 8 heteroatoms. The number of halogens is 2. The number of hydrogen-bond donors (Lipinski definition) is 2. The first kappa shape index (κ1) is 16.4. The van der Waals surface area contributed by atoms with E-state index in [9.17, 15) is 18.4 Å². The molecule has 1 aromatic heterocycles. The predicted molar refractivity (Wildman–Crippen MR) is 83.2 cm³/mol. The molecule has 0 radical (unpaired) electrons. The summed E-state index contributed by atoms with van der Waals surface area (Å²) in [7, 11) is 0. The highest BCUT2D eigenvalue weighted by molar-refractivity contribution is 5.94. The van der Waals surface area contributed by atoms with Gasteiger partial charge < -0.3 is 9.88 Å². The number of benzene rings is 1. The Morgan fingerprint density at radius 1 is 1.17 bits per heavy atom. The van der Waals surface area contributed by atoms with Gasteiger partial charge >= 0.3 is 6.03 Å². The van der Waals surface area contributed by atoms with E-state index in [2.05, 4.69) is 15.6 Å². The third kappa shape index (κ3) is 3.69. The highest BCUT2D eigenvalue weighted by atomic mass is 19.2. The number of nitrogens with one attached hydrogen (secondary N) is 2. The van der Waals surface area contributed by atoms with Crippen LogP contribution in [0.4, 0.5) is 13.6 Å². The standard InChI is InChI=1S/C16H18F2N4O2/c17-11-6-13-14(7-12(11)18)22(9-19-13)8-15(23)21-16(24)20-10-4-2-1-3-5-10/h6-7,9-10H,1-5,8H2,(H2,20,21,23,24). The van der Waals surface area contributed by atoms with E-state index in [1.54, 1.807) is 0 Å². The quantitative estimate of drug-likeness (QED) is 0.904. The molecule has 1 heterocycles. The lowest BCUT2D eigenvalue weighted by Crippen LogP contribution is -2.46. The van der Waals surface area contributed by atoms with Gasteiger partial charge in [0.15, 0.2) is 11.6 Å². The second kappa shape index (κ2) is 6.94. The van der Waals surface area contributed by atoms with Gasteiger partial charge in [-0.2, -0.15) is 0 Å². The largest absolute Gasteiger partial charge is 0.335 e. The number of carbonyl (C=O) groups excluding carboxylic acids is 2. The maximum absolute atomic E-state index is 13.3. The average Bonchev–Trinajstić information content (AvgIpc) is 2.90. The Labute approximate surface area is 137 Å². The third-order valence-corrected chi connectivity index (χ3v) is 4.17. The summed E-state index contributed by atoms with van der Waals surface area (Å²) in [6.07, 6.45) is 6.45. The van der Waals surface area contributed by atoms with Gasteiger partial charge in [0.2, 0.25) is 5.91 Å². The minimum atomic E-state index is -1.01. The molecule has 1 saturated carbocycles. The lowest BCUT2D eigenvalue weighted by atomic mass is 9.96. The number of aromatic nitrogens is 2. The molecule has 24 heavy (non-hydrogen) atoms. The van der Waals surface area contributed by atoms with Gasteiger partial charge in [-0.3, -0.25) is 10.1 Å². The molecule has 1 aliphatic carbocycles. The monoisotopic (exact) mass is 336 g/mol. The van der Waals surface area contributed by atoms with Crippen LogP contribution in [0.2, 0.25) is 0 Å². The first-order valence-electron chi connectivity index (χ1n) is 7.93. The Hall–Kier alpha value is -2.51. The second-order valence-corrected chi connectivity index (χ2v) is 5.98. The number of rotatable bonds is 3. The molecular weight excluding hydrogens is 318 g/mol. The van der Waals surface area contributed by atoms with E-state index in [-0.39, 0.29) is 23.6 Å². The number of carbonyl (C=O) groups is 2. The molecule has 2 aromatic rings. The molecule has 1 fully saturated rings. The Kier molecular flexibility index (Phi) is 4.73. The van der Waals surface area contributed by atoms with E-state index in [1.807, 2.05) is 0 Å². The fourth-order valence-electron chi connectivity index (χ4n) is 2.97.